The molecule has 1 aromatic carbocycles. The Balaban J connectivity index is 2.10. The van der Waals surface area contributed by atoms with Crippen LogP contribution in [0.25, 0.3) is 21.8 Å². The number of benzene rings is 1. The molecule has 0 aliphatic rings. The van der Waals surface area contributed by atoms with E-state index in [4.69, 9.17) is 5.73 Å². The Labute approximate surface area is 112 Å². The summed E-state index contributed by atoms with van der Waals surface area (Å²) < 4.78 is 1.99. The Kier molecular flexibility index (Phi) is 3.07. The fraction of sp³-hybridized carbons (Fsp3) is 0.333. The second-order valence-electron chi connectivity index (χ2n) is 4.88. The second-order valence-corrected chi connectivity index (χ2v) is 4.88. The third-order valence-corrected chi connectivity index (χ3v) is 3.43. The van der Waals surface area contributed by atoms with Crippen LogP contribution in [0.2, 0.25) is 0 Å². The topological polar surface area (TPSA) is 56.7 Å². The molecule has 2 N–H and O–H groups in total. The molecule has 0 saturated carbocycles. The van der Waals surface area contributed by atoms with Crippen LogP contribution in [0.1, 0.15) is 26.2 Å². The van der Waals surface area contributed by atoms with E-state index >= 15 is 0 Å². The van der Waals surface area contributed by atoms with Gasteiger partial charge in [0, 0.05) is 18.1 Å². The molecule has 0 bridgehead atoms. The smallest absolute Gasteiger partial charge is 0.135 e. The van der Waals surface area contributed by atoms with Gasteiger partial charge in [-0.15, -0.1) is 0 Å². The lowest BCUT2D eigenvalue weighted by Gasteiger charge is -1.99. The summed E-state index contributed by atoms with van der Waals surface area (Å²) in [6.45, 7) is 3.14. The summed E-state index contributed by atoms with van der Waals surface area (Å²) in [7, 11) is 0. The number of aryl methyl sites for hydroxylation is 1. The molecule has 0 saturated heterocycles. The molecule has 0 radical (unpaired) electrons. The maximum absolute atomic E-state index is 6.03. The van der Waals surface area contributed by atoms with Gasteiger partial charge >= 0.3 is 0 Å². The van der Waals surface area contributed by atoms with E-state index in [1.807, 2.05) is 35.1 Å². The molecule has 2 heterocycles. The van der Waals surface area contributed by atoms with Crippen LogP contribution in [-0.2, 0) is 6.54 Å². The van der Waals surface area contributed by atoms with Crippen LogP contribution < -0.4 is 5.73 Å². The fourth-order valence-corrected chi connectivity index (χ4v) is 2.41. The van der Waals surface area contributed by atoms with Crippen molar-refractivity contribution < 1.29 is 0 Å². The normalized spacial score (nSPS) is 11.4. The Morgan fingerprint density at radius 1 is 1.16 bits per heavy atom. The van der Waals surface area contributed by atoms with E-state index in [9.17, 15) is 0 Å². The highest BCUT2D eigenvalue weighted by Crippen LogP contribution is 2.26. The van der Waals surface area contributed by atoms with Gasteiger partial charge in [-0.3, -0.25) is 4.68 Å². The number of anilines is 1. The van der Waals surface area contributed by atoms with Crippen LogP contribution in [0.15, 0.2) is 30.5 Å². The molecule has 0 amide bonds. The van der Waals surface area contributed by atoms with Crippen molar-refractivity contribution >= 4 is 27.6 Å². The minimum atomic E-state index is 0.565. The van der Waals surface area contributed by atoms with Crippen molar-refractivity contribution in [2.75, 3.05) is 5.73 Å². The first-order chi connectivity index (χ1) is 9.29. The summed E-state index contributed by atoms with van der Waals surface area (Å²) in [4.78, 5) is 4.44. The summed E-state index contributed by atoms with van der Waals surface area (Å²) in [6.07, 6.45) is 5.60. The molecule has 4 nitrogen and oxygen atoms in total. The van der Waals surface area contributed by atoms with Gasteiger partial charge in [-0.25, -0.2) is 4.98 Å². The first-order valence-electron chi connectivity index (χ1n) is 6.81. The van der Waals surface area contributed by atoms with E-state index in [0.29, 0.717) is 5.82 Å². The van der Waals surface area contributed by atoms with Crippen molar-refractivity contribution in [1.82, 2.24) is 14.8 Å². The average molecular weight is 254 g/mol. The Morgan fingerprint density at radius 2 is 2.00 bits per heavy atom. The second kappa shape index (κ2) is 4.88. The Hall–Kier alpha value is -2.10. The minimum Gasteiger partial charge on any atom is -0.383 e. The fourth-order valence-electron chi connectivity index (χ4n) is 2.41. The molecule has 0 aliphatic heterocycles. The van der Waals surface area contributed by atoms with Gasteiger partial charge in [0.15, 0.2) is 0 Å². The molecular weight excluding hydrogens is 236 g/mol. The van der Waals surface area contributed by atoms with Crippen LogP contribution in [-0.4, -0.2) is 14.8 Å². The minimum absolute atomic E-state index is 0.565. The van der Waals surface area contributed by atoms with Gasteiger partial charge in [-0.1, -0.05) is 38.0 Å². The van der Waals surface area contributed by atoms with E-state index in [2.05, 4.69) is 17.0 Å². The first-order valence-corrected chi connectivity index (χ1v) is 6.81. The third kappa shape index (κ3) is 2.14. The number of pyridine rings is 1. The van der Waals surface area contributed by atoms with Crippen LogP contribution in [0.4, 0.5) is 5.82 Å². The summed E-state index contributed by atoms with van der Waals surface area (Å²) in [5.41, 5.74) is 7.89. The zero-order valence-corrected chi connectivity index (χ0v) is 11.1. The molecule has 0 spiro atoms. The zero-order chi connectivity index (χ0) is 13.2. The van der Waals surface area contributed by atoms with E-state index in [1.54, 1.807) is 0 Å². The predicted molar refractivity (Wildman–Crippen MR) is 79.0 cm³/mol. The van der Waals surface area contributed by atoms with Gasteiger partial charge in [-0.2, -0.15) is 5.10 Å². The van der Waals surface area contributed by atoms with Gasteiger partial charge in [0.25, 0.3) is 0 Å². The number of hydrogen-bond acceptors (Lipinski definition) is 3. The molecule has 2 aromatic heterocycles. The monoisotopic (exact) mass is 254 g/mol. The van der Waals surface area contributed by atoms with Crippen molar-refractivity contribution in [2.45, 2.75) is 32.7 Å². The van der Waals surface area contributed by atoms with Crippen molar-refractivity contribution in [3.8, 4) is 0 Å². The van der Waals surface area contributed by atoms with Crippen LogP contribution in [0.5, 0.6) is 0 Å². The van der Waals surface area contributed by atoms with E-state index in [1.165, 1.54) is 12.8 Å². The van der Waals surface area contributed by atoms with E-state index in [-0.39, 0.29) is 0 Å². The molecule has 0 unspecified atom stereocenters. The highest BCUT2D eigenvalue weighted by Gasteiger charge is 2.09. The summed E-state index contributed by atoms with van der Waals surface area (Å²) in [5, 5.41) is 6.69. The number of unbranched alkanes of at least 4 members (excludes halogenated alkanes) is 2. The number of nitrogens with zero attached hydrogens (tertiary/aromatic N) is 3. The zero-order valence-electron chi connectivity index (χ0n) is 11.1. The molecule has 0 fully saturated rings. The number of fused-ring (bicyclic) bond motifs is 3. The Bertz CT molecular complexity index is 715. The number of nitrogen functional groups attached to an aromatic ring is 1. The van der Waals surface area contributed by atoms with Crippen molar-refractivity contribution in [2.24, 2.45) is 0 Å². The van der Waals surface area contributed by atoms with Crippen LogP contribution >= 0.6 is 0 Å². The molecule has 0 atom stereocenters. The molecule has 4 heteroatoms. The molecule has 3 aromatic rings. The largest absolute Gasteiger partial charge is 0.383 e. The maximum atomic E-state index is 6.03. The summed E-state index contributed by atoms with van der Waals surface area (Å²) in [6, 6.07) is 8.00. The number of para-hydroxylation sites is 1. The predicted octanol–water partition coefficient (Wildman–Crippen LogP) is 3.36. The van der Waals surface area contributed by atoms with Crippen molar-refractivity contribution in [3.63, 3.8) is 0 Å². The lowest BCUT2D eigenvalue weighted by Crippen LogP contribution is -1.97. The first kappa shape index (κ1) is 12.0. The van der Waals surface area contributed by atoms with Gasteiger partial charge in [0.05, 0.1) is 10.9 Å². The lowest BCUT2D eigenvalue weighted by molar-refractivity contribution is 0.557. The summed E-state index contributed by atoms with van der Waals surface area (Å²) in [5.74, 6) is 0.565. The van der Waals surface area contributed by atoms with Gasteiger partial charge in [-0.05, 0) is 12.5 Å². The molecule has 0 aliphatic carbocycles. The molecule has 19 heavy (non-hydrogen) atoms. The molecule has 3 rings (SSSR count). The van der Waals surface area contributed by atoms with Crippen LogP contribution in [0.3, 0.4) is 0 Å². The Morgan fingerprint density at radius 3 is 2.84 bits per heavy atom. The van der Waals surface area contributed by atoms with Gasteiger partial charge in [0.1, 0.15) is 11.3 Å². The standard InChI is InChI=1S/C15H18N4/c1-2-3-6-9-19-10-12-14(18-19)11-7-4-5-8-13(11)17-15(12)16/h4-5,7-8,10H,2-3,6,9H2,1H3,(H2,16,17). The maximum Gasteiger partial charge on any atom is 0.135 e. The molecule has 98 valence electrons. The SMILES string of the molecule is CCCCCn1cc2c(N)nc3ccccc3c2n1. The lowest BCUT2D eigenvalue weighted by atomic mass is 10.1. The number of hydrogen-bond donors (Lipinski definition) is 1. The van der Waals surface area contributed by atoms with Crippen LogP contribution in [0, 0.1) is 0 Å². The summed E-state index contributed by atoms with van der Waals surface area (Å²) >= 11 is 0. The van der Waals surface area contributed by atoms with Gasteiger partial charge < -0.3 is 5.73 Å². The highest BCUT2D eigenvalue weighted by molar-refractivity contribution is 6.07. The quantitative estimate of drug-likeness (QED) is 0.726. The number of nitrogens with two attached hydrogens (primary N) is 1. The highest BCUT2D eigenvalue weighted by atomic mass is 15.3. The average Bonchev–Trinajstić information content (AvgIpc) is 2.84. The molecular formula is C15H18N4. The number of aromatic nitrogens is 3. The van der Waals surface area contributed by atoms with E-state index < -0.39 is 0 Å². The third-order valence-electron chi connectivity index (χ3n) is 3.43. The van der Waals surface area contributed by atoms with Crippen molar-refractivity contribution in [1.29, 1.82) is 0 Å². The number of rotatable bonds is 4. The van der Waals surface area contributed by atoms with Gasteiger partial charge in [0.2, 0.25) is 0 Å². The van der Waals surface area contributed by atoms with Crippen molar-refractivity contribution in [3.05, 3.63) is 30.5 Å². The van der Waals surface area contributed by atoms with E-state index in [0.717, 1.165) is 34.8 Å².